The van der Waals surface area contributed by atoms with E-state index >= 15 is 0 Å². The van der Waals surface area contributed by atoms with Crippen molar-refractivity contribution in [1.29, 1.82) is 0 Å². The highest BCUT2D eigenvalue weighted by molar-refractivity contribution is 5.96. The SMILES string of the molecule is Cc1ncn(-c2ccc(NC(=O)C3CCCc4cn[nH]c43)cc2)c1C. The highest BCUT2D eigenvalue weighted by Crippen LogP contribution is 2.30. The number of hydrogen-bond donors (Lipinski definition) is 2. The lowest BCUT2D eigenvalue weighted by atomic mass is 9.87. The van der Waals surface area contributed by atoms with Crippen LogP contribution in [0.1, 0.15) is 41.4 Å². The maximum absolute atomic E-state index is 12.7. The molecule has 0 fully saturated rings. The zero-order chi connectivity index (χ0) is 17.4. The van der Waals surface area contributed by atoms with E-state index in [2.05, 4.69) is 20.5 Å². The predicted octanol–water partition coefficient (Wildman–Crippen LogP) is 3.27. The van der Waals surface area contributed by atoms with E-state index in [1.807, 2.05) is 55.2 Å². The molecule has 1 aliphatic rings. The molecule has 0 radical (unpaired) electrons. The first-order valence-corrected chi connectivity index (χ1v) is 8.57. The highest BCUT2D eigenvalue weighted by atomic mass is 16.1. The molecule has 25 heavy (non-hydrogen) atoms. The second-order valence-corrected chi connectivity index (χ2v) is 6.58. The molecular formula is C19H21N5O. The lowest BCUT2D eigenvalue weighted by Crippen LogP contribution is -2.24. The van der Waals surface area contributed by atoms with Crippen molar-refractivity contribution < 1.29 is 4.79 Å². The normalized spacial score (nSPS) is 16.5. The van der Waals surface area contributed by atoms with Crippen molar-refractivity contribution >= 4 is 11.6 Å². The van der Waals surface area contributed by atoms with Crippen LogP contribution >= 0.6 is 0 Å². The molecule has 1 atom stereocenters. The number of carbonyl (C=O) groups excluding carboxylic acids is 1. The fourth-order valence-corrected chi connectivity index (χ4v) is 3.42. The second-order valence-electron chi connectivity index (χ2n) is 6.58. The van der Waals surface area contributed by atoms with Crippen LogP contribution in [-0.4, -0.2) is 25.7 Å². The van der Waals surface area contributed by atoms with Gasteiger partial charge >= 0.3 is 0 Å². The second kappa shape index (κ2) is 6.20. The molecule has 1 aliphatic carbocycles. The number of nitrogens with zero attached hydrogens (tertiary/aromatic N) is 3. The van der Waals surface area contributed by atoms with Crippen molar-refractivity contribution in [3.05, 3.63) is 59.4 Å². The van der Waals surface area contributed by atoms with Crippen LogP contribution in [0, 0.1) is 13.8 Å². The van der Waals surface area contributed by atoms with Crippen LogP contribution in [0.5, 0.6) is 0 Å². The van der Waals surface area contributed by atoms with Gasteiger partial charge in [0.25, 0.3) is 0 Å². The Labute approximate surface area is 146 Å². The van der Waals surface area contributed by atoms with Gasteiger partial charge in [0.05, 0.1) is 29.8 Å². The summed E-state index contributed by atoms with van der Waals surface area (Å²) in [6, 6.07) is 7.84. The summed E-state index contributed by atoms with van der Waals surface area (Å²) in [4.78, 5) is 17.0. The number of aromatic nitrogens is 4. The van der Waals surface area contributed by atoms with Gasteiger partial charge in [0, 0.05) is 17.1 Å². The molecule has 1 amide bonds. The number of fused-ring (bicyclic) bond motifs is 1. The van der Waals surface area contributed by atoms with Gasteiger partial charge in [-0.3, -0.25) is 9.89 Å². The summed E-state index contributed by atoms with van der Waals surface area (Å²) in [5.41, 5.74) is 6.09. The Kier molecular flexibility index (Phi) is 3.87. The Morgan fingerprint density at radius 2 is 2.08 bits per heavy atom. The topological polar surface area (TPSA) is 75.6 Å². The molecule has 6 heteroatoms. The third kappa shape index (κ3) is 2.84. The van der Waals surface area contributed by atoms with Gasteiger partial charge in [-0.05, 0) is 62.9 Å². The van der Waals surface area contributed by atoms with E-state index in [0.717, 1.165) is 53.3 Å². The van der Waals surface area contributed by atoms with Crippen molar-refractivity contribution in [2.24, 2.45) is 0 Å². The van der Waals surface area contributed by atoms with Gasteiger partial charge in [0.15, 0.2) is 0 Å². The molecule has 4 rings (SSSR count). The molecule has 0 saturated heterocycles. The molecule has 0 spiro atoms. The van der Waals surface area contributed by atoms with Crippen LogP contribution in [0.3, 0.4) is 0 Å². The number of nitrogens with one attached hydrogen (secondary N) is 2. The molecule has 0 bridgehead atoms. The van der Waals surface area contributed by atoms with E-state index in [0.29, 0.717) is 0 Å². The summed E-state index contributed by atoms with van der Waals surface area (Å²) < 4.78 is 2.04. The van der Waals surface area contributed by atoms with Crippen LogP contribution in [0.15, 0.2) is 36.8 Å². The number of imidazole rings is 1. The minimum atomic E-state index is -0.149. The van der Waals surface area contributed by atoms with E-state index in [1.54, 1.807) is 0 Å². The highest BCUT2D eigenvalue weighted by Gasteiger charge is 2.28. The number of amides is 1. The largest absolute Gasteiger partial charge is 0.326 e. The number of aromatic amines is 1. The number of anilines is 1. The van der Waals surface area contributed by atoms with Gasteiger partial charge in [-0.25, -0.2) is 4.98 Å². The third-order valence-electron chi connectivity index (χ3n) is 5.02. The summed E-state index contributed by atoms with van der Waals surface area (Å²) in [5.74, 6) is -0.128. The van der Waals surface area contributed by atoms with Crippen molar-refractivity contribution in [2.45, 2.75) is 39.0 Å². The van der Waals surface area contributed by atoms with Gasteiger partial charge in [-0.2, -0.15) is 5.10 Å². The Balaban J connectivity index is 1.50. The number of benzene rings is 1. The fraction of sp³-hybridized carbons (Fsp3) is 0.316. The molecule has 1 unspecified atom stereocenters. The maximum Gasteiger partial charge on any atom is 0.233 e. The Morgan fingerprint density at radius 1 is 1.28 bits per heavy atom. The van der Waals surface area contributed by atoms with Crippen LogP contribution in [-0.2, 0) is 11.2 Å². The van der Waals surface area contributed by atoms with Crippen molar-refractivity contribution in [1.82, 2.24) is 19.7 Å². The van der Waals surface area contributed by atoms with Gasteiger partial charge in [-0.15, -0.1) is 0 Å². The van der Waals surface area contributed by atoms with E-state index in [1.165, 1.54) is 0 Å². The number of H-pyrrole nitrogens is 1. The molecule has 128 valence electrons. The number of hydrogen-bond acceptors (Lipinski definition) is 3. The van der Waals surface area contributed by atoms with Crippen LogP contribution in [0.2, 0.25) is 0 Å². The zero-order valence-corrected chi connectivity index (χ0v) is 14.4. The summed E-state index contributed by atoms with van der Waals surface area (Å²) in [6.07, 6.45) is 6.52. The first-order valence-electron chi connectivity index (χ1n) is 8.57. The number of carbonyl (C=O) groups is 1. The molecule has 0 saturated carbocycles. The quantitative estimate of drug-likeness (QED) is 0.771. The minimum Gasteiger partial charge on any atom is -0.326 e. The van der Waals surface area contributed by atoms with Gasteiger partial charge in [-0.1, -0.05) is 0 Å². The summed E-state index contributed by atoms with van der Waals surface area (Å²) in [7, 11) is 0. The van der Waals surface area contributed by atoms with Crippen LogP contribution in [0.25, 0.3) is 5.69 Å². The average Bonchev–Trinajstić information content (AvgIpc) is 3.23. The van der Waals surface area contributed by atoms with Gasteiger partial charge in [0.1, 0.15) is 0 Å². The zero-order valence-electron chi connectivity index (χ0n) is 14.4. The van der Waals surface area contributed by atoms with Crippen molar-refractivity contribution in [3.63, 3.8) is 0 Å². The van der Waals surface area contributed by atoms with E-state index < -0.39 is 0 Å². The molecule has 0 aliphatic heterocycles. The molecule has 1 aromatic carbocycles. The first-order chi connectivity index (χ1) is 12.1. The Bertz CT molecular complexity index is 906. The minimum absolute atomic E-state index is 0.0209. The molecular weight excluding hydrogens is 314 g/mol. The first kappa shape index (κ1) is 15.6. The Hall–Kier alpha value is -2.89. The fourth-order valence-electron chi connectivity index (χ4n) is 3.42. The summed E-state index contributed by atoms with van der Waals surface area (Å²) >= 11 is 0. The molecule has 3 aromatic rings. The average molecular weight is 335 g/mol. The number of rotatable bonds is 3. The third-order valence-corrected chi connectivity index (χ3v) is 5.02. The summed E-state index contributed by atoms with van der Waals surface area (Å²) in [5, 5.41) is 10.1. The molecule has 6 nitrogen and oxygen atoms in total. The lowest BCUT2D eigenvalue weighted by molar-refractivity contribution is -0.118. The van der Waals surface area contributed by atoms with Gasteiger partial charge < -0.3 is 9.88 Å². The smallest absolute Gasteiger partial charge is 0.233 e. The van der Waals surface area contributed by atoms with Crippen LogP contribution < -0.4 is 5.32 Å². The lowest BCUT2D eigenvalue weighted by Gasteiger charge is -2.21. The van der Waals surface area contributed by atoms with Crippen molar-refractivity contribution in [3.8, 4) is 5.69 Å². The van der Waals surface area contributed by atoms with Gasteiger partial charge in [0.2, 0.25) is 5.91 Å². The maximum atomic E-state index is 12.7. The summed E-state index contributed by atoms with van der Waals surface area (Å²) in [6.45, 7) is 4.04. The molecule has 2 heterocycles. The standard InChI is InChI=1S/C19H21N5O/c1-12-13(2)24(11-20-12)16-8-6-15(7-9-16)22-19(25)17-5-3-4-14-10-21-23-18(14)17/h6-11,17H,3-5H2,1-2H3,(H,21,23)(H,22,25). The van der Waals surface area contributed by atoms with Crippen molar-refractivity contribution in [2.75, 3.05) is 5.32 Å². The monoisotopic (exact) mass is 335 g/mol. The van der Waals surface area contributed by atoms with Crippen LogP contribution in [0.4, 0.5) is 5.69 Å². The van der Waals surface area contributed by atoms with E-state index in [9.17, 15) is 4.79 Å². The Morgan fingerprint density at radius 3 is 2.80 bits per heavy atom. The van der Waals surface area contributed by atoms with E-state index in [-0.39, 0.29) is 11.8 Å². The molecule has 2 aromatic heterocycles. The van der Waals surface area contributed by atoms with E-state index in [4.69, 9.17) is 0 Å². The number of aryl methyl sites for hydroxylation is 2. The predicted molar refractivity (Wildman–Crippen MR) is 95.9 cm³/mol. The molecule has 2 N–H and O–H groups in total.